The molecule has 104 valence electrons. The van der Waals surface area contributed by atoms with Crippen molar-refractivity contribution in [3.63, 3.8) is 0 Å². The van der Waals surface area contributed by atoms with E-state index >= 15 is 0 Å². The van der Waals surface area contributed by atoms with E-state index in [2.05, 4.69) is 10.6 Å². The number of urea groups is 1. The van der Waals surface area contributed by atoms with Gasteiger partial charge in [0.1, 0.15) is 0 Å². The Labute approximate surface area is 114 Å². The highest BCUT2D eigenvalue weighted by atomic mass is 16.3. The number of benzene rings is 1. The molecule has 2 amide bonds. The Morgan fingerprint density at radius 2 is 1.89 bits per heavy atom. The molecule has 1 fully saturated rings. The lowest BCUT2D eigenvalue weighted by molar-refractivity contribution is 0.163. The van der Waals surface area contributed by atoms with Gasteiger partial charge in [0, 0.05) is 6.54 Å². The van der Waals surface area contributed by atoms with Gasteiger partial charge in [-0.25, -0.2) is 4.79 Å². The Bertz CT molecular complexity index is 422. The predicted octanol–water partition coefficient (Wildman–Crippen LogP) is 2.10. The molecule has 0 heterocycles. The molecule has 4 nitrogen and oxygen atoms in total. The Balaban J connectivity index is 1.82. The summed E-state index contributed by atoms with van der Waals surface area (Å²) in [6.07, 6.45) is 3.86. The van der Waals surface area contributed by atoms with Gasteiger partial charge in [0.25, 0.3) is 0 Å². The summed E-state index contributed by atoms with van der Waals surface area (Å²) >= 11 is 0. The van der Waals surface area contributed by atoms with Gasteiger partial charge >= 0.3 is 6.03 Å². The van der Waals surface area contributed by atoms with E-state index in [1.54, 1.807) is 0 Å². The van der Waals surface area contributed by atoms with Crippen molar-refractivity contribution in [3.05, 3.63) is 35.4 Å². The van der Waals surface area contributed by atoms with Crippen LogP contribution >= 0.6 is 0 Å². The Morgan fingerprint density at radius 3 is 2.47 bits per heavy atom. The minimum Gasteiger partial charge on any atom is -0.394 e. The number of hydrogen-bond acceptors (Lipinski definition) is 2. The average molecular weight is 262 g/mol. The number of carbonyl (C=O) groups excluding carboxylic acids is 1. The molecule has 0 aromatic heterocycles. The molecular formula is C15H22N2O2. The highest BCUT2D eigenvalue weighted by Gasteiger charge is 2.34. The second-order valence-electron chi connectivity index (χ2n) is 5.44. The molecule has 0 bridgehead atoms. The fourth-order valence-electron chi connectivity index (χ4n) is 2.55. The summed E-state index contributed by atoms with van der Waals surface area (Å²) in [7, 11) is 0. The van der Waals surface area contributed by atoms with Crippen LogP contribution in [0.3, 0.4) is 0 Å². The van der Waals surface area contributed by atoms with Crippen LogP contribution in [0.4, 0.5) is 4.79 Å². The van der Waals surface area contributed by atoms with Gasteiger partial charge in [-0.05, 0) is 25.3 Å². The van der Waals surface area contributed by atoms with Crippen LogP contribution in [0.2, 0.25) is 0 Å². The lowest BCUT2D eigenvalue weighted by Crippen LogP contribution is -2.52. The van der Waals surface area contributed by atoms with E-state index in [4.69, 9.17) is 0 Å². The Morgan fingerprint density at radius 1 is 1.26 bits per heavy atom. The SMILES string of the molecule is Cc1ccc(CNC(=O)NC2(CO)CCCC2)cc1. The predicted molar refractivity (Wildman–Crippen MR) is 74.8 cm³/mol. The summed E-state index contributed by atoms with van der Waals surface area (Å²) in [6.45, 7) is 2.56. The van der Waals surface area contributed by atoms with Gasteiger partial charge < -0.3 is 15.7 Å². The zero-order valence-corrected chi connectivity index (χ0v) is 11.4. The third-order valence-electron chi connectivity index (χ3n) is 3.82. The molecule has 0 radical (unpaired) electrons. The molecule has 0 spiro atoms. The van der Waals surface area contributed by atoms with Crippen molar-refractivity contribution < 1.29 is 9.90 Å². The van der Waals surface area contributed by atoms with Crippen molar-refractivity contribution in [2.24, 2.45) is 0 Å². The highest BCUT2D eigenvalue weighted by molar-refractivity contribution is 5.74. The summed E-state index contributed by atoms with van der Waals surface area (Å²) in [5, 5.41) is 15.2. The quantitative estimate of drug-likeness (QED) is 0.778. The molecule has 1 aromatic rings. The highest BCUT2D eigenvalue weighted by Crippen LogP contribution is 2.28. The van der Waals surface area contributed by atoms with E-state index < -0.39 is 5.54 Å². The van der Waals surface area contributed by atoms with Crippen LogP contribution in [0.15, 0.2) is 24.3 Å². The largest absolute Gasteiger partial charge is 0.394 e. The zero-order chi connectivity index (χ0) is 13.7. The summed E-state index contributed by atoms with van der Waals surface area (Å²) in [5.74, 6) is 0. The number of nitrogens with one attached hydrogen (secondary N) is 2. The number of aliphatic hydroxyl groups is 1. The van der Waals surface area contributed by atoms with E-state index in [-0.39, 0.29) is 12.6 Å². The number of hydrogen-bond donors (Lipinski definition) is 3. The first-order valence-corrected chi connectivity index (χ1v) is 6.86. The average Bonchev–Trinajstić information content (AvgIpc) is 2.87. The number of aryl methyl sites for hydroxylation is 1. The first kappa shape index (κ1) is 13.9. The molecule has 19 heavy (non-hydrogen) atoms. The van der Waals surface area contributed by atoms with Gasteiger partial charge in [-0.1, -0.05) is 42.7 Å². The maximum atomic E-state index is 11.9. The normalized spacial score (nSPS) is 17.2. The van der Waals surface area contributed by atoms with Crippen LogP contribution in [-0.2, 0) is 6.54 Å². The molecule has 3 N–H and O–H groups in total. The topological polar surface area (TPSA) is 61.4 Å². The molecule has 1 aliphatic carbocycles. The molecule has 1 saturated carbocycles. The molecule has 2 rings (SSSR count). The van der Waals surface area contributed by atoms with Gasteiger partial charge in [-0.15, -0.1) is 0 Å². The maximum absolute atomic E-state index is 11.9. The number of rotatable bonds is 4. The van der Waals surface area contributed by atoms with E-state index in [0.717, 1.165) is 31.2 Å². The summed E-state index contributed by atoms with van der Waals surface area (Å²) in [6, 6.07) is 7.87. The third kappa shape index (κ3) is 3.70. The summed E-state index contributed by atoms with van der Waals surface area (Å²) in [5.41, 5.74) is 1.88. The fraction of sp³-hybridized carbons (Fsp3) is 0.533. The number of amides is 2. The molecule has 4 heteroatoms. The van der Waals surface area contributed by atoms with Crippen molar-refractivity contribution in [1.29, 1.82) is 0 Å². The smallest absolute Gasteiger partial charge is 0.315 e. The van der Waals surface area contributed by atoms with E-state index in [0.29, 0.717) is 6.54 Å². The van der Waals surface area contributed by atoms with Crippen LogP contribution in [0.5, 0.6) is 0 Å². The first-order chi connectivity index (χ1) is 9.13. The maximum Gasteiger partial charge on any atom is 0.315 e. The van der Waals surface area contributed by atoms with Crippen LogP contribution in [0.25, 0.3) is 0 Å². The third-order valence-corrected chi connectivity index (χ3v) is 3.82. The van der Waals surface area contributed by atoms with Gasteiger partial charge in [-0.2, -0.15) is 0 Å². The van der Waals surface area contributed by atoms with Crippen molar-refractivity contribution in [3.8, 4) is 0 Å². The fourth-order valence-corrected chi connectivity index (χ4v) is 2.55. The molecule has 0 atom stereocenters. The van der Waals surface area contributed by atoms with Crippen molar-refractivity contribution >= 4 is 6.03 Å². The molecular weight excluding hydrogens is 240 g/mol. The summed E-state index contributed by atoms with van der Waals surface area (Å²) in [4.78, 5) is 11.9. The second kappa shape index (κ2) is 6.06. The first-order valence-electron chi connectivity index (χ1n) is 6.86. The number of aliphatic hydroxyl groups excluding tert-OH is 1. The molecule has 0 unspecified atom stereocenters. The lowest BCUT2D eigenvalue weighted by atomic mass is 9.99. The molecule has 0 saturated heterocycles. The van der Waals surface area contributed by atoms with Crippen LogP contribution in [-0.4, -0.2) is 23.3 Å². The Hall–Kier alpha value is -1.55. The van der Waals surface area contributed by atoms with E-state index in [1.165, 1.54) is 5.56 Å². The Kier molecular flexibility index (Phi) is 4.43. The van der Waals surface area contributed by atoms with Gasteiger partial charge in [0.15, 0.2) is 0 Å². The van der Waals surface area contributed by atoms with Crippen LogP contribution < -0.4 is 10.6 Å². The zero-order valence-electron chi connectivity index (χ0n) is 11.4. The summed E-state index contributed by atoms with van der Waals surface area (Å²) < 4.78 is 0. The van der Waals surface area contributed by atoms with Crippen molar-refractivity contribution in [2.45, 2.75) is 44.7 Å². The van der Waals surface area contributed by atoms with E-state index in [1.807, 2.05) is 31.2 Å². The standard InChI is InChI=1S/C15H22N2O2/c1-12-4-6-13(7-5-12)10-16-14(19)17-15(11-18)8-2-3-9-15/h4-7,18H,2-3,8-11H2,1H3,(H2,16,17,19). The van der Waals surface area contributed by atoms with Crippen LogP contribution in [0.1, 0.15) is 36.8 Å². The monoisotopic (exact) mass is 262 g/mol. The van der Waals surface area contributed by atoms with E-state index in [9.17, 15) is 9.90 Å². The van der Waals surface area contributed by atoms with Crippen molar-refractivity contribution in [1.82, 2.24) is 10.6 Å². The second-order valence-corrected chi connectivity index (χ2v) is 5.44. The van der Waals surface area contributed by atoms with Gasteiger partial charge in [0.05, 0.1) is 12.1 Å². The van der Waals surface area contributed by atoms with Gasteiger partial charge in [0.2, 0.25) is 0 Å². The lowest BCUT2D eigenvalue weighted by Gasteiger charge is -2.28. The van der Waals surface area contributed by atoms with Gasteiger partial charge in [-0.3, -0.25) is 0 Å². The molecule has 1 aliphatic rings. The molecule has 0 aliphatic heterocycles. The minimum atomic E-state index is -0.405. The number of carbonyl (C=O) groups is 1. The van der Waals surface area contributed by atoms with Crippen LogP contribution in [0, 0.1) is 6.92 Å². The van der Waals surface area contributed by atoms with Crippen molar-refractivity contribution in [2.75, 3.05) is 6.61 Å². The minimum absolute atomic E-state index is 0.0188. The molecule has 1 aromatic carbocycles.